The zero-order valence-electron chi connectivity index (χ0n) is 24.5. The summed E-state index contributed by atoms with van der Waals surface area (Å²) >= 11 is 0. The molecule has 11 nitrogen and oxygen atoms in total. The van der Waals surface area contributed by atoms with E-state index >= 15 is 0 Å². The fraction of sp³-hybridized carbons (Fsp3) is 0.967. The van der Waals surface area contributed by atoms with Crippen molar-refractivity contribution in [3.63, 3.8) is 0 Å². The predicted molar refractivity (Wildman–Crippen MR) is 147 cm³/mol. The molecule has 11 heteroatoms. The molecule has 0 spiro atoms. The molecule has 5 fully saturated rings. The van der Waals surface area contributed by atoms with Crippen molar-refractivity contribution in [1.82, 2.24) is 5.32 Å². The minimum Gasteiger partial charge on any atom is -0.393 e. The number of aliphatic hydroxyl groups excluding tert-OH is 6. The van der Waals surface area contributed by atoms with Crippen LogP contribution in [0.3, 0.4) is 0 Å². The van der Waals surface area contributed by atoms with Crippen LogP contribution in [0.2, 0.25) is 0 Å². The summed E-state index contributed by atoms with van der Waals surface area (Å²) in [6, 6.07) is 0.146. The van der Waals surface area contributed by atoms with Gasteiger partial charge < -0.3 is 46.2 Å². The van der Waals surface area contributed by atoms with Crippen LogP contribution in [0.15, 0.2) is 0 Å². The molecule has 0 aromatic heterocycles. The summed E-state index contributed by atoms with van der Waals surface area (Å²) < 4.78 is 5.61. The van der Waals surface area contributed by atoms with Crippen molar-refractivity contribution in [1.29, 1.82) is 0 Å². The molecule has 11 unspecified atom stereocenters. The molecule has 0 aliphatic heterocycles. The molecule has 41 heavy (non-hydrogen) atoms. The standard InChI is InChI=1S/C30H52N2O9/c1-29(2,3)41-28(39)32-16-6-4-13(5-7-16)17-8-9-19(33)22-18(17)11-14-10-15-12-20(34)23(27(31)38)26(37)30(15,40)25(36)21(14)24(22)35/h13-25,27-28,32-36,38-40H,4-12,31H2,1-3H3/t13?,14-,15+,16?,17?,18?,19?,20?,21?,22?,23?,24?,25?,27?,28?,30+/m1/s1. The van der Waals surface area contributed by atoms with Gasteiger partial charge in [-0.3, -0.25) is 10.1 Å². The Labute approximate surface area is 242 Å². The highest BCUT2D eigenvalue weighted by atomic mass is 16.6. The van der Waals surface area contributed by atoms with Crippen LogP contribution in [0.1, 0.15) is 78.6 Å². The van der Waals surface area contributed by atoms with Gasteiger partial charge in [0, 0.05) is 23.8 Å². The summed E-state index contributed by atoms with van der Waals surface area (Å²) in [5.74, 6) is -3.70. The average molecular weight is 585 g/mol. The molecule has 5 rings (SSSR count). The Morgan fingerprint density at radius 1 is 0.878 bits per heavy atom. The number of carbonyl (C=O) groups is 1. The fourth-order valence-electron chi connectivity index (χ4n) is 9.73. The van der Waals surface area contributed by atoms with Crippen molar-refractivity contribution in [2.45, 2.75) is 133 Å². The molecular formula is C30H52N2O9. The van der Waals surface area contributed by atoms with Crippen LogP contribution in [-0.2, 0) is 9.53 Å². The molecule has 10 N–H and O–H groups in total. The van der Waals surface area contributed by atoms with Crippen LogP contribution in [0.5, 0.6) is 0 Å². The van der Waals surface area contributed by atoms with Crippen molar-refractivity contribution >= 4 is 5.78 Å². The van der Waals surface area contributed by atoms with Gasteiger partial charge in [0.1, 0.15) is 6.23 Å². The number of nitrogens with two attached hydrogens (primary N) is 1. The zero-order valence-corrected chi connectivity index (χ0v) is 24.5. The molecule has 0 heterocycles. The number of hydrogen-bond acceptors (Lipinski definition) is 11. The molecule has 0 bridgehead atoms. The van der Waals surface area contributed by atoms with Crippen LogP contribution < -0.4 is 11.1 Å². The van der Waals surface area contributed by atoms with E-state index in [-0.39, 0.29) is 24.3 Å². The number of ketones is 1. The lowest BCUT2D eigenvalue weighted by molar-refractivity contribution is -0.246. The average Bonchev–Trinajstić information content (AvgIpc) is 2.85. The Kier molecular flexibility index (Phi) is 9.00. The van der Waals surface area contributed by atoms with E-state index in [0.717, 1.165) is 32.1 Å². The molecule has 0 radical (unpaired) electrons. The Bertz CT molecular complexity index is 937. The second-order valence-electron chi connectivity index (χ2n) is 14.9. The number of Topliss-reactive ketones (excluding diaryl/α,β-unsaturated/α-hetero) is 1. The molecule has 5 aliphatic rings. The SMILES string of the molecule is CC(C)(C)OC(O)NC1CCC(C2CCC(O)C3C(O)C4C(O)[C@]5(O)C(=O)C(C(N)O)C(O)C[C@@H]5C[C@@H]4CC23)CC1. The maximum absolute atomic E-state index is 13.3. The summed E-state index contributed by atoms with van der Waals surface area (Å²) in [5.41, 5.74) is 2.88. The third-order valence-electron chi connectivity index (χ3n) is 11.4. The summed E-state index contributed by atoms with van der Waals surface area (Å²) in [7, 11) is 0. The molecule has 14 atom stereocenters. The predicted octanol–water partition coefficient (Wildman–Crippen LogP) is -0.435. The third-order valence-corrected chi connectivity index (χ3v) is 11.4. The van der Waals surface area contributed by atoms with Crippen LogP contribution in [0.4, 0.5) is 0 Å². The number of fused-ring (bicyclic) bond motifs is 3. The van der Waals surface area contributed by atoms with Gasteiger partial charge >= 0.3 is 0 Å². The van der Waals surface area contributed by atoms with Crippen molar-refractivity contribution in [2.75, 3.05) is 0 Å². The Morgan fingerprint density at radius 2 is 1.54 bits per heavy atom. The Balaban J connectivity index is 1.30. The normalized spacial score (nSPS) is 50.3. The van der Waals surface area contributed by atoms with Gasteiger partial charge in [-0.1, -0.05) is 0 Å². The number of carbonyl (C=O) groups excluding carboxylic acids is 1. The first kappa shape index (κ1) is 31.7. The van der Waals surface area contributed by atoms with E-state index in [9.17, 15) is 40.5 Å². The zero-order chi connectivity index (χ0) is 30.0. The van der Waals surface area contributed by atoms with E-state index in [2.05, 4.69) is 5.32 Å². The van der Waals surface area contributed by atoms with E-state index in [0.29, 0.717) is 31.1 Å². The van der Waals surface area contributed by atoms with E-state index in [1.165, 1.54) is 0 Å². The lowest BCUT2D eigenvalue weighted by Crippen LogP contribution is -2.72. The smallest absolute Gasteiger partial charge is 0.214 e. The number of aliphatic hydroxyl groups is 7. The van der Waals surface area contributed by atoms with E-state index in [1.807, 2.05) is 20.8 Å². The van der Waals surface area contributed by atoms with Crippen molar-refractivity contribution < 1.29 is 45.3 Å². The monoisotopic (exact) mass is 584 g/mol. The summed E-state index contributed by atoms with van der Waals surface area (Å²) in [6.07, 6.45) is -1.18. The van der Waals surface area contributed by atoms with Crippen molar-refractivity contribution in [2.24, 2.45) is 53.1 Å². The Hall–Kier alpha value is -0.730. The minimum atomic E-state index is -2.22. The van der Waals surface area contributed by atoms with Gasteiger partial charge in [-0.15, -0.1) is 0 Å². The molecule has 5 saturated carbocycles. The van der Waals surface area contributed by atoms with Crippen molar-refractivity contribution in [3.05, 3.63) is 0 Å². The van der Waals surface area contributed by atoms with Crippen LogP contribution in [0.25, 0.3) is 0 Å². The molecule has 0 saturated heterocycles. The summed E-state index contributed by atoms with van der Waals surface area (Å²) in [4.78, 5) is 13.3. The number of ether oxygens (including phenoxy) is 1. The highest BCUT2D eigenvalue weighted by Crippen LogP contribution is 2.59. The van der Waals surface area contributed by atoms with Gasteiger partial charge in [0.05, 0.1) is 35.9 Å². The summed E-state index contributed by atoms with van der Waals surface area (Å²) in [6.45, 7) is 5.69. The van der Waals surface area contributed by atoms with Gasteiger partial charge in [-0.25, -0.2) is 0 Å². The highest BCUT2D eigenvalue weighted by Gasteiger charge is 2.67. The quantitative estimate of drug-likeness (QED) is 0.189. The van der Waals surface area contributed by atoms with Gasteiger partial charge in [-0.05, 0) is 102 Å². The highest BCUT2D eigenvalue weighted by molar-refractivity contribution is 5.92. The Morgan fingerprint density at radius 3 is 2.15 bits per heavy atom. The lowest BCUT2D eigenvalue weighted by Gasteiger charge is -2.61. The first-order chi connectivity index (χ1) is 19.1. The number of hydrogen-bond donors (Lipinski definition) is 9. The number of nitrogens with one attached hydrogen (secondary N) is 1. The minimum absolute atomic E-state index is 0.0273. The summed E-state index contributed by atoms with van der Waals surface area (Å²) in [5, 5.41) is 79.9. The van der Waals surface area contributed by atoms with Gasteiger partial charge in [0.2, 0.25) is 6.41 Å². The lowest BCUT2D eigenvalue weighted by atomic mass is 9.47. The molecule has 0 amide bonds. The van der Waals surface area contributed by atoms with Crippen LogP contribution in [-0.4, -0.2) is 95.8 Å². The fourth-order valence-corrected chi connectivity index (χ4v) is 9.73. The molecule has 5 aliphatic carbocycles. The topological polar surface area (TPSA) is 206 Å². The maximum Gasteiger partial charge on any atom is 0.214 e. The molecule has 0 aromatic rings. The van der Waals surface area contributed by atoms with Gasteiger partial charge in [-0.2, -0.15) is 0 Å². The molecule has 236 valence electrons. The van der Waals surface area contributed by atoms with E-state index in [1.54, 1.807) is 0 Å². The van der Waals surface area contributed by atoms with Crippen molar-refractivity contribution in [3.8, 4) is 0 Å². The second-order valence-corrected chi connectivity index (χ2v) is 14.9. The van der Waals surface area contributed by atoms with Gasteiger partial charge in [0.25, 0.3) is 0 Å². The van der Waals surface area contributed by atoms with Crippen LogP contribution in [0, 0.1) is 47.3 Å². The third kappa shape index (κ3) is 5.77. The first-order valence-corrected chi connectivity index (χ1v) is 15.7. The van der Waals surface area contributed by atoms with E-state index < -0.39 is 77.7 Å². The van der Waals surface area contributed by atoms with Crippen LogP contribution >= 0.6 is 0 Å². The second kappa shape index (κ2) is 11.6. The first-order valence-electron chi connectivity index (χ1n) is 15.7. The molecule has 0 aromatic carbocycles. The van der Waals surface area contributed by atoms with Gasteiger partial charge in [0.15, 0.2) is 11.4 Å². The largest absolute Gasteiger partial charge is 0.393 e. The van der Waals surface area contributed by atoms with E-state index in [4.69, 9.17) is 10.5 Å². The molecular weight excluding hydrogens is 532 g/mol. The number of rotatable bonds is 5. The maximum atomic E-state index is 13.3.